The van der Waals surface area contributed by atoms with Gasteiger partial charge in [0, 0.05) is 10.5 Å². The van der Waals surface area contributed by atoms with Gasteiger partial charge in [-0.25, -0.2) is 9.79 Å². The summed E-state index contributed by atoms with van der Waals surface area (Å²) in [6.07, 6.45) is 10.1. The van der Waals surface area contributed by atoms with E-state index in [0.29, 0.717) is 30.0 Å². The van der Waals surface area contributed by atoms with Gasteiger partial charge >= 0.3 is 5.97 Å². The summed E-state index contributed by atoms with van der Waals surface area (Å²) in [4.78, 5) is 17.7. The first-order valence-corrected chi connectivity index (χ1v) is 11.3. The van der Waals surface area contributed by atoms with Crippen molar-refractivity contribution in [2.24, 2.45) is 16.8 Å². The van der Waals surface area contributed by atoms with Crippen LogP contribution in [0.3, 0.4) is 0 Å². The number of ether oxygens (including phenoxy) is 2. The van der Waals surface area contributed by atoms with Gasteiger partial charge in [-0.3, -0.25) is 0 Å². The molecule has 2 heterocycles. The predicted molar refractivity (Wildman–Crippen MR) is 125 cm³/mol. The molecule has 158 valence electrons. The predicted octanol–water partition coefficient (Wildman–Crippen LogP) is 6.07. The van der Waals surface area contributed by atoms with Gasteiger partial charge in [0.25, 0.3) is 0 Å². The molecule has 0 N–H and O–H groups in total. The molecule has 0 fully saturated rings. The molecule has 0 amide bonds. The minimum atomic E-state index is -0.404. The average Bonchev–Trinajstić information content (AvgIpc) is 3.09. The fourth-order valence-electron chi connectivity index (χ4n) is 3.30. The van der Waals surface area contributed by atoms with E-state index in [0.717, 1.165) is 34.8 Å². The number of hydrogen-bond acceptors (Lipinski definition) is 5. The molecule has 0 saturated carbocycles. The summed E-state index contributed by atoms with van der Waals surface area (Å²) in [5.41, 5.74) is 2.35. The molecule has 0 bridgehead atoms. The summed E-state index contributed by atoms with van der Waals surface area (Å²) in [6.45, 7) is 10.7. The zero-order valence-corrected chi connectivity index (χ0v) is 18.7. The third-order valence-corrected chi connectivity index (χ3v) is 6.25. The number of nitrogens with zero attached hydrogens (tertiary/aromatic N) is 1. The number of carbonyl (C=O) groups is 1. The third-order valence-electron chi connectivity index (χ3n) is 5.22. The van der Waals surface area contributed by atoms with Crippen molar-refractivity contribution in [3.8, 4) is 5.75 Å². The van der Waals surface area contributed by atoms with E-state index in [4.69, 9.17) is 9.47 Å². The molecule has 2 atom stereocenters. The van der Waals surface area contributed by atoms with Crippen LogP contribution in [0.5, 0.6) is 5.75 Å². The molecule has 4 nitrogen and oxygen atoms in total. The quantitative estimate of drug-likeness (QED) is 0.289. The van der Waals surface area contributed by atoms with Gasteiger partial charge in [0.1, 0.15) is 12.4 Å². The highest BCUT2D eigenvalue weighted by Crippen LogP contribution is 2.30. The smallest absolute Gasteiger partial charge is 0.363 e. The van der Waals surface area contributed by atoms with Crippen LogP contribution in [0.2, 0.25) is 0 Å². The first-order chi connectivity index (χ1) is 14.5. The number of allylic oxidation sites excluding steroid dienone is 4. The zero-order valence-electron chi connectivity index (χ0n) is 17.9. The lowest BCUT2D eigenvalue weighted by Gasteiger charge is -2.15. The average molecular weight is 424 g/mol. The van der Waals surface area contributed by atoms with Crippen LogP contribution in [0, 0.1) is 11.8 Å². The molecule has 0 saturated heterocycles. The Morgan fingerprint density at radius 1 is 1.40 bits per heavy atom. The molecule has 3 rings (SSSR count). The monoisotopic (exact) mass is 423 g/mol. The molecule has 0 aliphatic carbocycles. The standard InChI is InChI=1S/C25H29NO3S/c1-5-7-18(4)19(6-2)16-28-21-10-8-20(9-11-21)24-26-23(25(27)29-24)15-22-14-17(3)12-13-30-22/h5-6,8-11,14-15,17-18H,1,7,12-13,16H2,2-4H3/b19-6-,23-15+. The lowest BCUT2D eigenvalue weighted by molar-refractivity contribution is -0.130. The summed E-state index contributed by atoms with van der Waals surface area (Å²) in [7, 11) is 0. The van der Waals surface area contributed by atoms with E-state index in [2.05, 4.69) is 37.6 Å². The van der Waals surface area contributed by atoms with Crippen LogP contribution in [-0.2, 0) is 9.53 Å². The van der Waals surface area contributed by atoms with E-state index in [1.807, 2.05) is 43.3 Å². The van der Waals surface area contributed by atoms with E-state index in [9.17, 15) is 4.79 Å². The molecule has 0 radical (unpaired) electrons. The molecule has 2 unspecified atom stereocenters. The van der Waals surface area contributed by atoms with Crippen LogP contribution in [0.15, 0.2) is 76.3 Å². The number of cyclic esters (lactones) is 1. The van der Waals surface area contributed by atoms with Crippen molar-refractivity contribution in [3.63, 3.8) is 0 Å². The van der Waals surface area contributed by atoms with Crippen molar-refractivity contribution < 1.29 is 14.3 Å². The van der Waals surface area contributed by atoms with Gasteiger partial charge in [0.15, 0.2) is 5.70 Å². The van der Waals surface area contributed by atoms with Gasteiger partial charge in [-0.1, -0.05) is 32.1 Å². The van der Waals surface area contributed by atoms with E-state index in [-0.39, 0.29) is 0 Å². The fraction of sp³-hybridized carbons (Fsp3) is 0.360. The number of carbonyl (C=O) groups excluding carboxylic acids is 1. The lowest BCUT2D eigenvalue weighted by atomic mass is 9.98. The number of aliphatic imine (C=N–C) groups is 1. The largest absolute Gasteiger partial charge is 0.489 e. The second-order valence-electron chi connectivity index (χ2n) is 7.62. The SMILES string of the molecule is C=CCC(C)/C(=C\C)COc1ccc(C2=N/C(=C/C3=CC(C)CCS3)C(=O)O2)cc1. The summed E-state index contributed by atoms with van der Waals surface area (Å²) in [6, 6.07) is 7.48. The molecular formula is C25H29NO3S. The van der Waals surface area contributed by atoms with E-state index in [1.165, 1.54) is 5.57 Å². The summed E-state index contributed by atoms with van der Waals surface area (Å²) in [5.74, 6) is 2.69. The van der Waals surface area contributed by atoms with Crippen molar-refractivity contribution in [1.29, 1.82) is 0 Å². The summed E-state index contributed by atoms with van der Waals surface area (Å²) >= 11 is 1.75. The van der Waals surface area contributed by atoms with Gasteiger partial charge < -0.3 is 9.47 Å². The Morgan fingerprint density at radius 3 is 2.83 bits per heavy atom. The first-order valence-electron chi connectivity index (χ1n) is 10.4. The van der Waals surface area contributed by atoms with Crippen LogP contribution in [-0.4, -0.2) is 24.2 Å². The number of thioether (sulfide) groups is 1. The number of esters is 1. The minimum Gasteiger partial charge on any atom is -0.489 e. The molecule has 30 heavy (non-hydrogen) atoms. The van der Waals surface area contributed by atoms with Gasteiger partial charge in [-0.05, 0) is 73.3 Å². The highest BCUT2D eigenvalue weighted by Gasteiger charge is 2.25. The Labute approximate surface area is 183 Å². The molecule has 0 spiro atoms. The molecule has 1 aromatic rings. The second-order valence-corrected chi connectivity index (χ2v) is 8.79. The number of rotatable bonds is 8. The Balaban J connectivity index is 1.66. The van der Waals surface area contributed by atoms with Crippen LogP contribution in [0.25, 0.3) is 0 Å². The minimum absolute atomic E-state index is 0.334. The Hall–Kier alpha value is -2.53. The highest BCUT2D eigenvalue weighted by atomic mass is 32.2. The van der Waals surface area contributed by atoms with Crippen molar-refractivity contribution in [2.75, 3.05) is 12.4 Å². The van der Waals surface area contributed by atoms with Crippen LogP contribution < -0.4 is 4.74 Å². The second kappa shape index (κ2) is 10.5. The van der Waals surface area contributed by atoms with Gasteiger partial charge in [-0.2, -0.15) is 0 Å². The zero-order chi connectivity index (χ0) is 21.5. The van der Waals surface area contributed by atoms with E-state index in [1.54, 1.807) is 11.8 Å². The maximum absolute atomic E-state index is 12.2. The number of hydrogen-bond donors (Lipinski definition) is 0. The molecule has 5 heteroatoms. The number of benzene rings is 1. The molecular weight excluding hydrogens is 394 g/mol. The third kappa shape index (κ3) is 5.76. The van der Waals surface area contributed by atoms with Gasteiger partial charge in [0.2, 0.25) is 5.90 Å². The summed E-state index contributed by atoms with van der Waals surface area (Å²) < 4.78 is 11.3. The van der Waals surface area contributed by atoms with Crippen molar-refractivity contribution in [1.82, 2.24) is 0 Å². The lowest BCUT2D eigenvalue weighted by Crippen LogP contribution is -2.09. The highest BCUT2D eigenvalue weighted by molar-refractivity contribution is 8.03. The Morgan fingerprint density at radius 2 is 2.17 bits per heavy atom. The normalized spacial score (nSPS) is 21.7. The Bertz CT molecular complexity index is 909. The molecule has 2 aliphatic rings. The summed E-state index contributed by atoms with van der Waals surface area (Å²) in [5, 5.41) is 0. The van der Waals surface area contributed by atoms with E-state index >= 15 is 0 Å². The van der Waals surface area contributed by atoms with Crippen molar-refractivity contribution >= 4 is 23.6 Å². The van der Waals surface area contributed by atoms with Crippen LogP contribution in [0.1, 0.15) is 39.2 Å². The Kier molecular flexibility index (Phi) is 7.75. The van der Waals surface area contributed by atoms with Crippen molar-refractivity contribution in [3.05, 3.63) is 76.9 Å². The van der Waals surface area contributed by atoms with Crippen LogP contribution in [0.4, 0.5) is 0 Å². The molecule has 1 aromatic carbocycles. The maximum Gasteiger partial charge on any atom is 0.363 e. The molecule has 0 aromatic heterocycles. The van der Waals surface area contributed by atoms with Gasteiger partial charge in [0.05, 0.1) is 0 Å². The maximum atomic E-state index is 12.2. The van der Waals surface area contributed by atoms with Crippen molar-refractivity contribution in [2.45, 2.75) is 33.6 Å². The molecule has 2 aliphatic heterocycles. The topological polar surface area (TPSA) is 47.9 Å². The first kappa shape index (κ1) is 22.2. The van der Waals surface area contributed by atoms with E-state index < -0.39 is 5.97 Å². The fourth-order valence-corrected chi connectivity index (χ4v) is 4.55. The van der Waals surface area contributed by atoms with Gasteiger partial charge in [-0.15, -0.1) is 18.3 Å². The van der Waals surface area contributed by atoms with Crippen LogP contribution >= 0.6 is 11.8 Å².